The van der Waals surface area contributed by atoms with Gasteiger partial charge in [0.05, 0.1) is 6.42 Å². The Kier molecular flexibility index (Phi) is 6.71. The molecule has 2 heterocycles. The summed E-state index contributed by atoms with van der Waals surface area (Å²) in [4.78, 5) is 24.2. The van der Waals surface area contributed by atoms with E-state index in [9.17, 15) is 18.0 Å². The number of hydrazine groups is 1. The van der Waals surface area contributed by atoms with Crippen molar-refractivity contribution in [2.75, 3.05) is 13.1 Å². The molecule has 0 atom stereocenters. The number of halogens is 1. The van der Waals surface area contributed by atoms with Crippen LogP contribution in [0.5, 0.6) is 0 Å². The molecule has 2 aromatic rings. The highest BCUT2D eigenvalue weighted by molar-refractivity contribution is 7.91. The molecule has 2 N–H and O–H groups in total. The molecule has 0 spiro atoms. The highest BCUT2D eigenvalue weighted by Crippen LogP contribution is 2.26. The zero-order valence-corrected chi connectivity index (χ0v) is 17.3. The number of nitrogens with zero attached hydrogens (tertiary/aromatic N) is 1. The molecule has 150 valence electrons. The van der Waals surface area contributed by atoms with Gasteiger partial charge in [0.25, 0.3) is 10.0 Å². The van der Waals surface area contributed by atoms with Gasteiger partial charge in [-0.25, -0.2) is 8.42 Å². The lowest BCUT2D eigenvalue weighted by Crippen LogP contribution is -2.48. The van der Waals surface area contributed by atoms with E-state index in [0.717, 1.165) is 5.56 Å². The quantitative estimate of drug-likeness (QED) is 0.695. The zero-order valence-electron chi connectivity index (χ0n) is 14.9. The monoisotopic (exact) mass is 441 g/mol. The number of sulfonamides is 1. The van der Waals surface area contributed by atoms with Crippen molar-refractivity contribution < 1.29 is 18.0 Å². The number of carbonyl (C=O) groups is 2. The van der Waals surface area contributed by atoms with Crippen molar-refractivity contribution in [1.29, 1.82) is 0 Å². The average Bonchev–Trinajstić information content (AvgIpc) is 3.24. The fraction of sp³-hybridized carbons (Fsp3) is 0.333. The minimum atomic E-state index is -3.49. The summed E-state index contributed by atoms with van der Waals surface area (Å²) >= 11 is 6.99. The normalized spacial score (nSPS) is 15.9. The van der Waals surface area contributed by atoms with E-state index in [2.05, 4.69) is 10.9 Å². The number of amides is 2. The van der Waals surface area contributed by atoms with Crippen molar-refractivity contribution in [3.63, 3.8) is 0 Å². The van der Waals surface area contributed by atoms with Crippen LogP contribution in [0.3, 0.4) is 0 Å². The van der Waals surface area contributed by atoms with Crippen LogP contribution in [-0.4, -0.2) is 37.6 Å². The van der Waals surface area contributed by atoms with Crippen LogP contribution in [0.1, 0.15) is 18.4 Å². The molecule has 7 nitrogen and oxygen atoms in total. The van der Waals surface area contributed by atoms with Crippen molar-refractivity contribution in [3.8, 4) is 0 Å². The minimum Gasteiger partial charge on any atom is -0.273 e. The smallest absolute Gasteiger partial charge is 0.252 e. The first-order chi connectivity index (χ1) is 13.4. The van der Waals surface area contributed by atoms with Crippen LogP contribution >= 0.6 is 22.9 Å². The maximum Gasteiger partial charge on any atom is 0.252 e. The Hall–Kier alpha value is -1.94. The predicted molar refractivity (Wildman–Crippen MR) is 107 cm³/mol. The Balaban J connectivity index is 1.45. The van der Waals surface area contributed by atoms with Gasteiger partial charge in [-0.3, -0.25) is 20.4 Å². The second kappa shape index (κ2) is 9.04. The Morgan fingerprint density at radius 3 is 2.39 bits per heavy atom. The van der Waals surface area contributed by atoms with Gasteiger partial charge in [-0.15, -0.1) is 11.3 Å². The Bertz CT molecular complexity index is 922. The Morgan fingerprint density at radius 1 is 1.11 bits per heavy atom. The standard InChI is InChI=1S/C18H20ClN3O4S2/c19-15-5-3-13(4-6-15)12-16(23)20-21-18(24)14-7-9-22(10-8-14)28(25,26)17-2-1-11-27-17/h1-6,11,14H,7-10,12H2,(H,20,23)(H,21,24). The number of thiophene rings is 1. The second-order valence-electron chi connectivity index (χ2n) is 6.45. The van der Waals surface area contributed by atoms with E-state index in [1.807, 2.05) is 0 Å². The first kappa shape index (κ1) is 20.8. The molecule has 0 aliphatic carbocycles. The van der Waals surface area contributed by atoms with Gasteiger partial charge < -0.3 is 0 Å². The van der Waals surface area contributed by atoms with Crippen molar-refractivity contribution in [1.82, 2.24) is 15.2 Å². The number of nitrogens with one attached hydrogen (secondary N) is 2. The van der Waals surface area contributed by atoms with Gasteiger partial charge in [0.15, 0.2) is 0 Å². The van der Waals surface area contributed by atoms with Gasteiger partial charge in [-0.1, -0.05) is 29.8 Å². The number of hydrogen-bond donors (Lipinski definition) is 2. The lowest BCUT2D eigenvalue weighted by molar-refractivity contribution is -0.131. The molecule has 10 heteroatoms. The van der Waals surface area contributed by atoms with Crippen LogP contribution < -0.4 is 10.9 Å². The van der Waals surface area contributed by atoms with Crippen molar-refractivity contribution in [2.24, 2.45) is 5.92 Å². The number of carbonyl (C=O) groups excluding carboxylic acids is 2. The van der Waals surface area contributed by atoms with Gasteiger partial charge in [0.1, 0.15) is 4.21 Å². The van der Waals surface area contributed by atoms with Gasteiger partial charge in [-0.05, 0) is 42.0 Å². The third-order valence-corrected chi connectivity index (χ3v) is 8.04. The lowest BCUT2D eigenvalue weighted by atomic mass is 9.98. The number of rotatable bonds is 5. The van der Waals surface area contributed by atoms with Crippen LogP contribution in [0.4, 0.5) is 0 Å². The Labute approximate surface area is 172 Å². The molecule has 0 saturated carbocycles. The molecular weight excluding hydrogens is 422 g/mol. The summed E-state index contributed by atoms with van der Waals surface area (Å²) in [6, 6.07) is 10.2. The predicted octanol–water partition coefficient (Wildman–Crippen LogP) is 2.19. The summed E-state index contributed by atoms with van der Waals surface area (Å²) < 4.78 is 26.7. The van der Waals surface area contributed by atoms with Crippen LogP contribution in [-0.2, 0) is 26.0 Å². The lowest BCUT2D eigenvalue weighted by Gasteiger charge is -2.30. The van der Waals surface area contributed by atoms with Crippen LogP contribution in [0.25, 0.3) is 0 Å². The maximum atomic E-state index is 12.5. The van der Waals surface area contributed by atoms with Crippen molar-refractivity contribution >= 4 is 44.8 Å². The molecular formula is C18H20ClN3O4S2. The van der Waals surface area contributed by atoms with Crippen LogP contribution in [0.15, 0.2) is 46.0 Å². The fourth-order valence-corrected chi connectivity index (χ4v) is 5.70. The Morgan fingerprint density at radius 2 is 1.79 bits per heavy atom. The van der Waals surface area contributed by atoms with Crippen molar-refractivity contribution in [2.45, 2.75) is 23.5 Å². The summed E-state index contributed by atoms with van der Waals surface area (Å²) in [5.74, 6) is -0.989. The molecule has 0 unspecified atom stereocenters. The summed E-state index contributed by atoms with van der Waals surface area (Å²) in [5.41, 5.74) is 5.62. The summed E-state index contributed by atoms with van der Waals surface area (Å²) in [6.45, 7) is 0.550. The van der Waals surface area contributed by atoms with Gasteiger partial charge >= 0.3 is 0 Å². The first-order valence-electron chi connectivity index (χ1n) is 8.73. The molecule has 0 bridgehead atoms. The molecule has 28 heavy (non-hydrogen) atoms. The minimum absolute atomic E-state index is 0.120. The second-order valence-corrected chi connectivity index (χ2v) is 10.0. The summed E-state index contributed by atoms with van der Waals surface area (Å²) in [7, 11) is -3.49. The largest absolute Gasteiger partial charge is 0.273 e. The van der Waals surface area contributed by atoms with E-state index in [-0.39, 0.29) is 37.2 Å². The zero-order chi connectivity index (χ0) is 20.1. The topological polar surface area (TPSA) is 95.6 Å². The van der Waals surface area contributed by atoms with Crippen LogP contribution in [0, 0.1) is 5.92 Å². The molecule has 1 aromatic heterocycles. The molecule has 1 aliphatic rings. The average molecular weight is 442 g/mol. The highest BCUT2D eigenvalue weighted by Gasteiger charge is 2.32. The molecule has 2 amide bonds. The number of benzene rings is 1. The van der Waals surface area contributed by atoms with Gasteiger partial charge in [-0.2, -0.15) is 4.31 Å². The number of piperidine rings is 1. The van der Waals surface area contributed by atoms with Gasteiger partial charge in [0, 0.05) is 24.0 Å². The van der Waals surface area contributed by atoms with E-state index in [0.29, 0.717) is 22.1 Å². The summed E-state index contributed by atoms with van der Waals surface area (Å²) in [5, 5.41) is 2.31. The molecule has 0 radical (unpaired) electrons. The molecule has 1 saturated heterocycles. The van der Waals surface area contributed by atoms with E-state index in [1.165, 1.54) is 15.6 Å². The fourth-order valence-electron chi connectivity index (χ4n) is 2.96. The summed E-state index contributed by atoms with van der Waals surface area (Å²) in [6.07, 6.45) is 0.932. The maximum absolute atomic E-state index is 12.5. The van der Waals surface area contributed by atoms with E-state index >= 15 is 0 Å². The molecule has 3 rings (SSSR count). The number of hydrogen-bond acceptors (Lipinski definition) is 5. The third-order valence-electron chi connectivity index (χ3n) is 4.52. The third kappa shape index (κ3) is 5.11. The van der Waals surface area contributed by atoms with E-state index in [4.69, 9.17) is 11.6 Å². The first-order valence-corrected chi connectivity index (χ1v) is 11.4. The highest BCUT2D eigenvalue weighted by atomic mass is 35.5. The SMILES string of the molecule is O=C(Cc1ccc(Cl)cc1)NNC(=O)C1CCN(S(=O)(=O)c2cccs2)CC1. The van der Waals surface area contributed by atoms with E-state index < -0.39 is 10.0 Å². The molecule has 1 aromatic carbocycles. The van der Waals surface area contributed by atoms with Crippen LogP contribution in [0.2, 0.25) is 5.02 Å². The molecule has 1 fully saturated rings. The van der Waals surface area contributed by atoms with Gasteiger partial charge in [0.2, 0.25) is 11.8 Å². The van der Waals surface area contributed by atoms with E-state index in [1.54, 1.807) is 41.8 Å². The molecule has 1 aliphatic heterocycles. The van der Waals surface area contributed by atoms with Crippen molar-refractivity contribution in [3.05, 3.63) is 52.4 Å².